The monoisotopic (exact) mass is 351 g/mol. The van der Waals surface area contributed by atoms with Crippen molar-refractivity contribution in [3.8, 4) is 0 Å². The van der Waals surface area contributed by atoms with Gasteiger partial charge in [-0.1, -0.05) is 30.3 Å². The van der Waals surface area contributed by atoms with Crippen molar-refractivity contribution in [3.05, 3.63) is 74.8 Å². The molecule has 0 unspecified atom stereocenters. The predicted molar refractivity (Wildman–Crippen MR) is 99.1 cm³/mol. The first kappa shape index (κ1) is 15.8. The second-order valence-electron chi connectivity index (χ2n) is 6.32. The summed E-state index contributed by atoms with van der Waals surface area (Å²) in [6, 6.07) is 15.4. The Morgan fingerprint density at radius 3 is 2.60 bits per heavy atom. The van der Waals surface area contributed by atoms with Gasteiger partial charge in [0.05, 0.1) is 10.9 Å². The number of hydrogen-bond donors (Lipinski definition) is 2. The van der Waals surface area contributed by atoms with Crippen LogP contribution in [-0.2, 0) is 6.54 Å². The van der Waals surface area contributed by atoms with Gasteiger partial charge in [0.25, 0.3) is 11.5 Å². The molecule has 2 aromatic carbocycles. The van der Waals surface area contributed by atoms with Crippen molar-refractivity contribution in [1.29, 1.82) is 0 Å². The average molecular weight is 351 g/mol. The van der Waals surface area contributed by atoms with Crippen LogP contribution in [0.2, 0.25) is 0 Å². The van der Waals surface area contributed by atoms with Gasteiger partial charge in [0.15, 0.2) is 4.77 Å². The van der Waals surface area contributed by atoms with Crippen LogP contribution in [0.3, 0.4) is 0 Å². The lowest BCUT2D eigenvalue weighted by Gasteiger charge is -2.23. The van der Waals surface area contributed by atoms with Crippen LogP contribution in [-0.4, -0.2) is 26.8 Å². The second kappa shape index (κ2) is 6.29. The molecular weight excluding hydrogens is 334 g/mol. The molecule has 1 saturated carbocycles. The minimum atomic E-state index is -0.249. The first-order valence-electron chi connectivity index (χ1n) is 8.23. The topological polar surface area (TPSA) is 69.0 Å². The maximum atomic E-state index is 13.0. The Morgan fingerprint density at radius 2 is 1.88 bits per heavy atom. The van der Waals surface area contributed by atoms with E-state index in [0.29, 0.717) is 29.1 Å². The molecule has 0 radical (unpaired) electrons. The van der Waals surface area contributed by atoms with Crippen molar-refractivity contribution in [2.24, 2.45) is 0 Å². The van der Waals surface area contributed by atoms with Crippen LogP contribution in [0.25, 0.3) is 10.9 Å². The molecule has 1 aliphatic rings. The summed E-state index contributed by atoms with van der Waals surface area (Å²) in [5, 5.41) is 0.492. The highest BCUT2D eigenvalue weighted by Crippen LogP contribution is 2.30. The molecule has 4 rings (SSSR count). The number of nitrogens with one attached hydrogen (secondary N) is 2. The Hall–Kier alpha value is -2.73. The van der Waals surface area contributed by atoms with E-state index < -0.39 is 0 Å². The van der Waals surface area contributed by atoms with Gasteiger partial charge in [-0.15, -0.1) is 0 Å². The van der Waals surface area contributed by atoms with Gasteiger partial charge < -0.3 is 9.88 Å². The summed E-state index contributed by atoms with van der Waals surface area (Å²) >= 11 is 5.02. The van der Waals surface area contributed by atoms with Gasteiger partial charge in [0, 0.05) is 18.2 Å². The SMILES string of the molecule is O=C(c1ccc2c(=O)[nH]c(=S)[nH]c2c1)N(Cc1ccccc1)C1CC1. The van der Waals surface area contributed by atoms with E-state index in [1.54, 1.807) is 18.2 Å². The number of aromatic amines is 2. The summed E-state index contributed by atoms with van der Waals surface area (Å²) in [6.07, 6.45) is 2.07. The Kier molecular flexibility index (Phi) is 3.97. The van der Waals surface area contributed by atoms with E-state index in [1.165, 1.54) is 0 Å². The smallest absolute Gasteiger partial charge is 0.259 e. The summed E-state index contributed by atoms with van der Waals surface area (Å²) in [6.45, 7) is 0.591. The molecule has 126 valence electrons. The molecule has 25 heavy (non-hydrogen) atoms. The van der Waals surface area contributed by atoms with Crippen molar-refractivity contribution < 1.29 is 4.79 Å². The molecule has 0 atom stereocenters. The summed E-state index contributed by atoms with van der Waals surface area (Å²) in [7, 11) is 0. The van der Waals surface area contributed by atoms with Crippen LogP contribution in [0.15, 0.2) is 53.3 Å². The normalized spacial score (nSPS) is 13.8. The van der Waals surface area contributed by atoms with Gasteiger partial charge >= 0.3 is 0 Å². The lowest BCUT2D eigenvalue weighted by atomic mass is 10.1. The molecule has 0 spiro atoms. The predicted octanol–water partition coefficient (Wildman–Crippen LogP) is 3.39. The first-order chi connectivity index (χ1) is 12.1. The third-order valence-electron chi connectivity index (χ3n) is 4.43. The molecule has 2 N–H and O–H groups in total. The molecule has 0 aliphatic heterocycles. The summed E-state index contributed by atoms with van der Waals surface area (Å²) in [5.74, 6) is -0.0205. The molecule has 1 heterocycles. The maximum Gasteiger partial charge on any atom is 0.259 e. The van der Waals surface area contributed by atoms with E-state index in [0.717, 1.165) is 18.4 Å². The number of carbonyl (C=O) groups excluding carboxylic acids is 1. The molecule has 6 heteroatoms. The Labute approximate surface area is 149 Å². The lowest BCUT2D eigenvalue weighted by Crippen LogP contribution is -2.32. The van der Waals surface area contributed by atoms with Gasteiger partial charge in [-0.05, 0) is 48.8 Å². The molecule has 1 fully saturated rings. The highest BCUT2D eigenvalue weighted by atomic mass is 32.1. The fourth-order valence-corrected chi connectivity index (χ4v) is 3.20. The Balaban J connectivity index is 1.69. The van der Waals surface area contributed by atoms with E-state index in [4.69, 9.17) is 12.2 Å². The van der Waals surface area contributed by atoms with Crippen LogP contribution in [0.4, 0.5) is 0 Å². The third-order valence-corrected chi connectivity index (χ3v) is 4.63. The minimum absolute atomic E-state index is 0.0205. The molecule has 0 saturated heterocycles. The standard InChI is InChI=1S/C19H17N3O2S/c23-17-15-9-6-13(10-16(15)20-19(25)21-17)18(24)22(14-7-8-14)11-12-4-2-1-3-5-12/h1-6,9-10,14H,7-8,11H2,(H2,20,21,23,25). The van der Waals surface area contributed by atoms with E-state index in [-0.39, 0.29) is 16.2 Å². The van der Waals surface area contributed by atoms with Crippen molar-refractivity contribution in [3.63, 3.8) is 0 Å². The molecule has 1 amide bonds. The largest absolute Gasteiger partial charge is 0.332 e. The molecule has 1 aromatic heterocycles. The van der Waals surface area contributed by atoms with Crippen LogP contribution >= 0.6 is 12.2 Å². The van der Waals surface area contributed by atoms with Crippen LogP contribution in [0.5, 0.6) is 0 Å². The van der Waals surface area contributed by atoms with Gasteiger partial charge in [-0.25, -0.2) is 0 Å². The van der Waals surface area contributed by atoms with E-state index in [2.05, 4.69) is 9.97 Å². The highest BCUT2D eigenvalue weighted by Gasteiger charge is 2.33. The zero-order valence-corrected chi connectivity index (χ0v) is 14.3. The second-order valence-corrected chi connectivity index (χ2v) is 6.73. The zero-order valence-electron chi connectivity index (χ0n) is 13.5. The fraction of sp³-hybridized carbons (Fsp3) is 0.211. The number of amides is 1. The summed E-state index contributed by atoms with van der Waals surface area (Å²) in [4.78, 5) is 32.4. The summed E-state index contributed by atoms with van der Waals surface area (Å²) in [5.41, 5.74) is 2.00. The van der Waals surface area contributed by atoms with Crippen molar-refractivity contribution in [2.45, 2.75) is 25.4 Å². The number of hydrogen-bond acceptors (Lipinski definition) is 3. The molecule has 5 nitrogen and oxygen atoms in total. The number of benzene rings is 2. The number of nitrogens with zero attached hydrogens (tertiary/aromatic N) is 1. The third kappa shape index (κ3) is 3.25. The van der Waals surface area contributed by atoms with Crippen LogP contribution in [0, 0.1) is 4.77 Å². The number of H-pyrrole nitrogens is 2. The number of aromatic nitrogens is 2. The molecule has 1 aliphatic carbocycles. The first-order valence-corrected chi connectivity index (χ1v) is 8.64. The zero-order chi connectivity index (χ0) is 17.4. The van der Waals surface area contributed by atoms with E-state index in [9.17, 15) is 9.59 Å². The van der Waals surface area contributed by atoms with Crippen molar-refractivity contribution in [1.82, 2.24) is 14.9 Å². The van der Waals surface area contributed by atoms with Gasteiger partial charge in [0.1, 0.15) is 0 Å². The quantitative estimate of drug-likeness (QED) is 0.708. The van der Waals surface area contributed by atoms with Crippen LogP contribution < -0.4 is 5.56 Å². The van der Waals surface area contributed by atoms with E-state index >= 15 is 0 Å². The van der Waals surface area contributed by atoms with E-state index in [1.807, 2.05) is 35.2 Å². The Morgan fingerprint density at radius 1 is 1.12 bits per heavy atom. The minimum Gasteiger partial charge on any atom is -0.332 e. The molecule has 3 aromatic rings. The lowest BCUT2D eigenvalue weighted by molar-refractivity contribution is 0.0730. The maximum absolute atomic E-state index is 13.0. The average Bonchev–Trinajstić information content (AvgIpc) is 3.44. The van der Waals surface area contributed by atoms with Gasteiger partial charge in [-0.3, -0.25) is 14.6 Å². The van der Waals surface area contributed by atoms with Crippen LogP contribution in [0.1, 0.15) is 28.8 Å². The van der Waals surface area contributed by atoms with Crippen molar-refractivity contribution in [2.75, 3.05) is 0 Å². The fourth-order valence-electron chi connectivity index (χ4n) is 3.00. The van der Waals surface area contributed by atoms with Crippen molar-refractivity contribution >= 4 is 29.0 Å². The number of rotatable bonds is 4. The summed E-state index contributed by atoms with van der Waals surface area (Å²) < 4.78 is 0.255. The molecule has 0 bridgehead atoms. The van der Waals surface area contributed by atoms with Gasteiger partial charge in [-0.2, -0.15) is 0 Å². The highest BCUT2D eigenvalue weighted by molar-refractivity contribution is 7.71. The molecular formula is C19H17N3O2S. The number of carbonyl (C=O) groups is 1. The Bertz CT molecular complexity index is 1050. The number of fused-ring (bicyclic) bond motifs is 1. The van der Waals surface area contributed by atoms with Gasteiger partial charge in [0.2, 0.25) is 0 Å².